The molecule has 0 aliphatic carbocycles. The van der Waals surface area contributed by atoms with Crippen LogP contribution in [0.15, 0.2) is 0 Å². The average Bonchev–Trinajstić information content (AvgIpc) is 2.31. The molecule has 0 saturated heterocycles. The second-order valence-electron chi connectivity index (χ2n) is 3.13. The van der Waals surface area contributed by atoms with E-state index >= 15 is 0 Å². The van der Waals surface area contributed by atoms with Crippen molar-refractivity contribution in [1.29, 1.82) is 0 Å². The molecule has 0 aromatic rings. The second kappa shape index (κ2) is 12.9. The number of hydrogen-bond donors (Lipinski definition) is 2. The zero-order chi connectivity index (χ0) is 15.4. The van der Waals surface area contributed by atoms with Crippen molar-refractivity contribution in [2.24, 2.45) is 0 Å². The van der Waals surface area contributed by atoms with Gasteiger partial charge in [-0.2, -0.15) is 8.42 Å². The lowest BCUT2D eigenvalue weighted by atomic mass is 10.5. The van der Waals surface area contributed by atoms with E-state index in [0.29, 0.717) is 0 Å². The molecule has 0 aliphatic heterocycles. The summed E-state index contributed by atoms with van der Waals surface area (Å²) in [7, 11) is 0. The Bertz CT molecular complexity index is 270. The minimum atomic E-state index is -2.65. The van der Waals surface area contributed by atoms with E-state index in [1.54, 1.807) is 0 Å². The Morgan fingerprint density at radius 3 is 1.32 bits per heavy atom. The Balaban J connectivity index is 0. The summed E-state index contributed by atoms with van der Waals surface area (Å²) in [5, 5.41) is 0.991. The van der Waals surface area contributed by atoms with E-state index < -0.39 is 22.7 Å². The first-order chi connectivity index (χ1) is 8.83. The Morgan fingerprint density at radius 2 is 1.21 bits per heavy atom. The molecule has 0 saturated carbocycles. The zero-order valence-electron chi connectivity index (χ0n) is 11.6. The Morgan fingerprint density at radius 1 is 0.947 bits per heavy atom. The van der Waals surface area contributed by atoms with Gasteiger partial charge in [0.2, 0.25) is 0 Å². The molecule has 10 heteroatoms. The number of rotatable bonds is 6. The third kappa shape index (κ3) is 11.4. The Labute approximate surface area is 125 Å². The predicted octanol–water partition coefficient (Wildman–Crippen LogP) is 1.23. The van der Waals surface area contributed by atoms with Gasteiger partial charge in [-0.25, -0.2) is 0 Å². The van der Waals surface area contributed by atoms with Crippen LogP contribution < -0.4 is 0 Å². The molecule has 0 aliphatic rings. The Kier molecular flexibility index (Phi) is 14.4. The van der Waals surface area contributed by atoms with Gasteiger partial charge in [-0.1, -0.05) is 0 Å². The average molecular weight is 334 g/mol. The molecule has 7 nitrogen and oxygen atoms in total. The summed E-state index contributed by atoms with van der Waals surface area (Å²) in [6, 6.07) is 0. The third-order valence-electron chi connectivity index (χ3n) is 2.18. The van der Waals surface area contributed by atoms with Crippen molar-refractivity contribution in [3.05, 3.63) is 0 Å². The lowest BCUT2D eigenvalue weighted by Crippen LogP contribution is -2.42. The normalized spacial score (nSPS) is 12.9. The summed E-state index contributed by atoms with van der Waals surface area (Å²) in [6.45, 7) is 12.6. The van der Waals surface area contributed by atoms with Crippen molar-refractivity contribution in [1.82, 2.24) is 9.80 Å². The molecule has 0 rings (SSSR count). The maximum absolute atomic E-state index is 9.35. The van der Waals surface area contributed by atoms with Gasteiger partial charge in [0.15, 0.2) is 5.11 Å². The minimum Gasteiger partial charge on any atom is -0.350 e. The number of hydrogen-bond acceptors (Lipinski definition) is 4. The van der Waals surface area contributed by atoms with Crippen LogP contribution in [0.25, 0.3) is 0 Å². The SMILES string of the molecule is CCN(CC)C(=S)N(CC)CC.O=S(O)OS(=O)O. The third-order valence-corrected chi connectivity index (χ3v) is 3.63. The monoisotopic (exact) mass is 334 g/mol. The molecular weight excluding hydrogens is 312 g/mol. The van der Waals surface area contributed by atoms with Crippen LogP contribution in [0.4, 0.5) is 0 Å². The summed E-state index contributed by atoms with van der Waals surface area (Å²) >= 11 is 0.0537. The van der Waals surface area contributed by atoms with Crippen LogP contribution in [0.5, 0.6) is 0 Å². The van der Waals surface area contributed by atoms with Crippen LogP contribution in [0.3, 0.4) is 0 Å². The summed E-state index contributed by atoms with van der Waals surface area (Å²) < 4.78 is 37.2. The van der Waals surface area contributed by atoms with E-state index in [1.807, 2.05) is 0 Å². The molecule has 0 heterocycles. The molecule has 0 bridgehead atoms. The van der Waals surface area contributed by atoms with Crippen LogP contribution in [0.1, 0.15) is 27.7 Å². The van der Waals surface area contributed by atoms with Crippen molar-refractivity contribution in [3.63, 3.8) is 0 Å². The smallest absolute Gasteiger partial charge is 0.317 e. The maximum Gasteiger partial charge on any atom is 0.317 e. The molecular formula is C9H22N2O5S3. The molecule has 0 aromatic heterocycles. The van der Waals surface area contributed by atoms with Crippen molar-refractivity contribution >= 4 is 40.1 Å². The fourth-order valence-corrected chi connectivity index (χ4v) is 2.15. The lowest BCUT2D eigenvalue weighted by molar-refractivity contribution is 0.363. The molecule has 0 atom stereocenters. The molecule has 0 radical (unpaired) electrons. The molecule has 0 aromatic carbocycles. The maximum atomic E-state index is 9.35. The van der Waals surface area contributed by atoms with E-state index in [0.717, 1.165) is 31.3 Å². The fraction of sp³-hybridized carbons (Fsp3) is 0.889. The van der Waals surface area contributed by atoms with Gasteiger partial charge >= 0.3 is 22.7 Å². The summed E-state index contributed by atoms with van der Waals surface area (Å²) in [6.07, 6.45) is 0. The van der Waals surface area contributed by atoms with Crippen LogP contribution in [0.2, 0.25) is 0 Å². The molecule has 2 N–H and O–H groups in total. The molecule has 19 heavy (non-hydrogen) atoms. The quantitative estimate of drug-likeness (QED) is 0.554. The topological polar surface area (TPSA) is 90.3 Å². The lowest BCUT2D eigenvalue weighted by Gasteiger charge is -2.30. The van der Waals surface area contributed by atoms with E-state index in [2.05, 4.69) is 41.1 Å². The largest absolute Gasteiger partial charge is 0.350 e. The summed E-state index contributed by atoms with van der Waals surface area (Å²) in [4.78, 5) is 4.42. The van der Waals surface area contributed by atoms with Crippen molar-refractivity contribution in [2.45, 2.75) is 27.7 Å². The van der Waals surface area contributed by atoms with Crippen LogP contribution >= 0.6 is 12.2 Å². The first-order valence-electron chi connectivity index (χ1n) is 5.78. The van der Waals surface area contributed by atoms with Gasteiger partial charge < -0.3 is 9.80 Å². The molecule has 116 valence electrons. The highest BCUT2D eigenvalue weighted by molar-refractivity contribution is 7.87. The second-order valence-corrected chi connectivity index (χ2v) is 4.91. The zero-order valence-corrected chi connectivity index (χ0v) is 14.0. The minimum absolute atomic E-state index is 0.991. The van der Waals surface area contributed by atoms with Gasteiger partial charge in [0.1, 0.15) is 0 Å². The molecule has 0 spiro atoms. The van der Waals surface area contributed by atoms with Gasteiger partial charge in [-0.15, -0.1) is 3.63 Å². The molecule has 0 unspecified atom stereocenters. The number of thiocarbonyl (C=S) groups is 1. The van der Waals surface area contributed by atoms with Crippen LogP contribution in [-0.4, -0.2) is 58.6 Å². The van der Waals surface area contributed by atoms with Crippen molar-refractivity contribution < 1.29 is 21.2 Å². The van der Waals surface area contributed by atoms with E-state index in [-0.39, 0.29) is 0 Å². The van der Waals surface area contributed by atoms with Gasteiger partial charge in [-0.05, 0) is 39.9 Å². The van der Waals surface area contributed by atoms with Gasteiger partial charge in [0, 0.05) is 26.2 Å². The number of nitrogens with zero attached hydrogens (tertiary/aromatic N) is 2. The van der Waals surface area contributed by atoms with Crippen LogP contribution in [0, 0.1) is 0 Å². The van der Waals surface area contributed by atoms with Crippen LogP contribution in [-0.2, 0) is 26.4 Å². The van der Waals surface area contributed by atoms with Gasteiger partial charge in [0.05, 0.1) is 0 Å². The van der Waals surface area contributed by atoms with Gasteiger partial charge in [0.25, 0.3) is 0 Å². The first-order valence-corrected chi connectivity index (χ1v) is 8.25. The first kappa shape index (κ1) is 21.2. The highest BCUT2D eigenvalue weighted by Gasteiger charge is 2.09. The van der Waals surface area contributed by atoms with E-state index in [9.17, 15) is 8.42 Å². The Hall–Kier alpha value is -0.130. The molecule has 0 amide bonds. The fourth-order valence-electron chi connectivity index (χ4n) is 1.24. The van der Waals surface area contributed by atoms with Gasteiger partial charge in [-0.3, -0.25) is 9.11 Å². The highest BCUT2D eigenvalue weighted by Crippen LogP contribution is 1.98. The van der Waals surface area contributed by atoms with E-state index in [1.165, 1.54) is 0 Å². The summed E-state index contributed by atoms with van der Waals surface area (Å²) in [5.41, 5.74) is 0. The van der Waals surface area contributed by atoms with Crippen molar-refractivity contribution in [3.8, 4) is 0 Å². The summed E-state index contributed by atoms with van der Waals surface area (Å²) in [5.74, 6) is 0. The molecule has 0 fully saturated rings. The van der Waals surface area contributed by atoms with E-state index in [4.69, 9.17) is 21.3 Å². The standard InChI is InChI=1S/C9H20N2S.H2O5S2/c1-5-10(6-2)9(12)11(7-3)8-4;1-6(2)5-7(3)4/h5-8H2,1-4H3;(H,1,2)(H,3,4). The van der Waals surface area contributed by atoms with Crippen molar-refractivity contribution in [2.75, 3.05) is 26.2 Å². The highest BCUT2D eigenvalue weighted by atomic mass is 32.3. The predicted molar refractivity (Wildman–Crippen MR) is 81.1 cm³/mol.